The molecule has 0 aliphatic carbocycles. The van der Waals surface area contributed by atoms with Crippen LogP contribution in [0.4, 0.5) is 13.2 Å². The monoisotopic (exact) mass is 457 g/mol. The van der Waals surface area contributed by atoms with Crippen molar-refractivity contribution >= 4 is 45.5 Å². The molecule has 0 saturated carbocycles. The number of fused-ring (bicyclic) bond motifs is 2. The van der Waals surface area contributed by atoms with Crippen molar-refractivity contribution in [2.24, 2.45) is 0 Å². The van der Waals surface area contributed by atoms with Crippen molar-refractivity contribution in [3.8, 4) is 11.3 Å². The van der Waals surface area contributed by atoms with E-state index in [2.05, 4.69) is 48.9 Å². The predicted octanol–water partition coefficient (Wildman–Crippen LogP) is 7.98. The molecular weight excluding hydrogens is 431 g/mol. The molecule has 0 amide bonds. The molecule has 162 valence electrons. The highest BCUT2D eigenvalue weighted by atomic mass is 32.1. The highest BCUT2D eigenvalue weighted by Crippen LogP contribution is 2.43. The topological polar surface area (TPSA) is 12.9 Å². The average Bonchev–Trinajstić information content (AvgIpc) is 3.09. The van der Waals surface area contributed by atoms with Crippen LogP contribution >= 0.6 is 11.3 Å². The van der Waals surface area contributed by atoms with Crippen molar-refractivity contribution in [2.75, 3.05) is 0 Å². The number of pyridine rings is 1. The maximum absolute atomic E-state index is 13.4. The lowest BCUT2D eigenvalue weighted by molar-refractivity contribution is -0.134. The van der Waals surface area contributed by atoms with E-state index in [1.54, 1.807) is 0 Å². The Morgan fingerprint density at radius 2 is 1.58 bits per heavy atom. The van der Waals surface area contributed by atoms with Crippen LogP contribution in [0.1, 0.15) is 31.2 Å². The fraction of sp³-hybridized carbons (Fsp3) is 0.320. The summed E-state index contributed by atoms with van der Waals surface area (Å²) >= 11 is 0.806. The molecule has 0 N–H and O–H groups in total. The molecule has 2 heterocycles. The van der Waals surface area contributed by atoms with E-state index in [1.165, 1.54) is 11.3 Å². The second-order valence-electron chi connectivity index (χ2n) is 10.2. The first-order chi connectivity index (χ1) is 14.2. The van der Waals surface area contributed by atoms with Crippen molar-refractivity contribution in [2.45, 2.75) is 52.0 Å². The van der Waals surface area contributed by atoms with Crippen LogP contribution in [-0.2, 0) is 11.6 Å². The molecule has 6 heteroatoms. The van der Waals surface area contributed by atoms with Gasteiger partial charge in [-0.25, -0.2) is 0 Å². The van der Waals surface area contributed by atoms with Crippen LogP contribution in [0.15, 0.2) is 48.7 Å². The van der Waals surface area contributed by atoms with Gasteiger partial charge in [0.05, 0.1) is 13.8 Å². The molecule has 0 fully saturated rings. The van der Waals surface area contributed by atoms with Crippen LogP contribution in [0, 0.1) is 0 Å². The van der Waals surface area contributed by atoms with Gasteiger partial charge in [0, 0.05) is 21.8 Å². The molecule has 0 radical (unpaired) electrons. The Balaban J connectivity index is 1.93. The molecule has 4 rings (SSSR count). The summed E-state index contributed by atoms with van der Waals surface area (Å²) in [7, 11) is -1.46. The van der Waals surface area contributed by atoms with Gasteiger partial charge >= 0.3 is 6.18 Å². The second-order valence-corrected chi connectivity index (χ2v) is 16.3. The number of halogens is 3. The van der Waals surface area contributed by atoms with Gasteiger partial charge in [-0.2, -0.15) is 13.2 Å². The molecule has 0 unspecified atom stereocenters. The molecule has 0 aliphatic heterocycles. The zero-order valence-corrected chi connectivity index (χ0v) is 20.4. The van der Waals surface area contributed by atoms with Crippen molar-refractivity contribution in [1.82, 2.24) is 4.98 Å². The number of nitrogens with zero attached hydrogens (tertiary/aromatic N) is 1. The second kappa shape index (κ2) is 7.17. The van der Waals surface area contributed by atoms with E-state index < -0.39 is 19.1 Å². The third kappa shape index (κ3) is 4.28. The molecule has 0 aliphatic rings. The summed E-state index contributed by atoms with van der Waals surface area (Å²) < 4.78 is 40.8. The lowest BCUT2D eigenvalue weighted by Crippen LogP contribution is -2.37. The quantitative estimate of drug-likeness (QED) is 0.278. The van der Waals surface area contributed by atoms with E-state index >= 15 is 0 Å². The highest BCUT2D eigenvalue weighted by molar-refractivity contribution is 7.19. The van der Waals surface area contributed by atoms with E-state index in [9.17, 15) is 13.2 Å². The van der Waals surface area contributed by atoms with Crippen LogP contribution in [0.25, 0.3) is 32.1 Å². The van der Waals surface area contributed by atoms with Crippen LogP contribution < -0.4 is 5.19 Å². The van der Waals surface area contributed by atoms with Crippen LogP contribution in [0.2, 0.25) is 19.6 Å². The predicted molar refractivity (Wildman–Crippen MR) is 129 cm³/mol. The Morgan fingerprint density at radius 1 is 0.871 bits per heavy atom. The maximum Gasteiger partial charge on any atom is 0.425 e. The van der Waals surface area contributed by atoms with Gasteiger partial charge in [-0.1, -0.05) is 63.8 Å². The zero-order valence-electron chi connectivity index (χ0n) is 18.6. The summed E-state index contributed by atoms with van der Waals surface area (Å²) in [4.78, 5) is 4.09. The Hall–Kier alpha value is -2.18. The third-order valence-electron chi connectivity index (χ3n) is 5.61. The van der Waals surface area contributed by atoms with Crippen LogP contribution in [-0.4, -0.2) is 13.1 Å². The SMILES string of the molecule is CC(C)(C)c1cc(-c2cc3cc([Si](C)(C)C)ccc3cn2)cc2sc(C(F)(F)F)cc12. The van der Waals surface area contributed by atoms with E-state index in [1.807, 2.05) is 39.1 Å². The van der Waals surface area contributed by atoms with Gasteiger partial charge in [-0.3, -0.25) is 4.98 Å². The average molecular weight is 458 g/mol. The number of hydrogen-bond acceptors (Lipinski definition) is 2. The van der Waals surface area contributed by atoms with Crippen molar-refractivity contribution < 1.29 is 13.2 Å². The Kier molecular flexibility index (Phi) is 5.10. The summed E-state index contributed by atoms with van der Waals surface area (Å²) in [5.74, 6) is 0. The van der Waals surface area contributed by atoms with Gasteiger partial charge in [0.1, 0.15) is 4.88 Å². The standard InChI is InChI=1S/C25H26F3NSSi/c1-24(2,3)20-10-17(12-22-19(20)13-23(30-22)25(26,27)28)21-11-16-9-18(31(4,5)6)8-7-15(16)14-29-21/h7-14H,1-6H3. The van der Waals surface area contributed by atoms with Crippen molar-refractivity contribution in [3.63, 3.8) is 0 Å². The van der Waals surface area contributed by atoms with E-state index in [0.29, 0.717) is 10.1 Å². The minimum Gasteiger partial charge on any atom is -0.256 e. The fourth-order valence-electron chi connectivity index (χ4n) is 3.81. The molecule has 0 atom stereocenters. The lowest BCUT2D eigenvalue weighted by atomic mass is 9.83. The Labute approximate surface area is 186 Å². The van der Waals surface area contributed by atoms with E-state index in [4.69, 9.17) is 0 Å². The number of benzene rings is 2. The molecule has 0 saturated heterocycles. The maximum atomic E-state index is 13.4. The van der Waals surface area contributed by atoms with Crippen molar-refractivity contribution in [1.29, 1.82) is 0 Å². The highest BCUT2D eigenvalue weighted by Gasteiger charge is 2.34. The van der Waals surface area contributed by atoms with E-state index in [-0.39, 0.29) is 5.41 Å². The summed E-state index contributed by atoms with van der Waals surface area (Å²) in [6, 6.07) is 13.7. The van der Waals surface area contributed by atoms with E-state index in [0.717, 1.165) is 38.9 Å². The molecule has 1 nitrogen and oxygen atoms in total. The number of alkyl halides is 3. The Morgan fingerprint density at radius 3 is 2.19 bits per heavy atom. The summed E-state index contributed by atoms with van der Waals surface area (Å²) in [6.07, 6.45) is -2.48. The molecule has 2 aromatic heterocycles. The summed E-state index contributed by atoms with van der Waals surface area (Å²) in [5, 5.41) is 4.23. The van der Waals surface area contributed by atoms with Gasteiger partial charge in [0.25, 0.3) is 0 Å². The fourth-order valence-corrected chi connectivity index (χ4v) is 5.98. The molecule has 0 spiro atoms. The van der Waals surface area contributed by atoms with Gasteiger partial charge in [-0.05, 0) is 46.0 Å². The lowest BCUT2D eigenvalue weighted by Gasteiger charge is -2.21. The molecular formula is C25H26F3NSSi. The largest absolute Gasteiger partial charge is 0.425 e. The van der Waals surface area contributed by atoms with Gasteiger partial charge < -0.3 is 0 Å². The normalized spacial score (nSPS) is 13.3. The van der Waals surface area contributed by atoms with Gasteiger partial charge in [0.2, 0.25) is 0 Å². The number of hydrogen-bond donors (Lipinski definition) is 0. The van der Waals surface area contributed by atoms with Crippen LogP contribution in [0.3, 0.4) is 0 Å². The number of aromatic nitrogens is 1. The van der Waals surface area contributed by atoms with Gasteiger partial charge in [0.15, 0.2) is 0 Å². The molecule has 2 aromatic carbocycles. The van der Waals surface area contributed by atoms with Crippen molar-refractivity contribution in [3.05, 3.63) is 59.1 Å². The molecule has 31 heavy (non-hydrogen) atoms. The molecule has 4 aromatic rings. The first kappa shape index (κ1) is 22.0. The van der Waals surface area contributed by atoms with Crippen LogP contribution in [0.5, 0.6) is 0 Å². The number of thiophene rings is 1. The first-order valence-corrected chi connectivity index (χ1v) is 14.6. The van der Waals surface area contributed by atoms with Gasteiger partial charge in [-0.15, -0.1) is 11.3 Å². The third-order valence-corrected chi connectivity index (χ3v) is 8.78. The zero-order chi connectivity index (χ0) is 22.8. The molecule has 0 bridgehead atoms. The summed E-state index contributed by atoms with van der Waals surface area (Å²) in [6.45, 7) is 13.0. The first-order valence-electron chi connectivity index (χ1n) is 10.3. The number of rotatable bonds is 2. The smallest absolute Gasteiger partial charge is 0.256 e. The minimum absolute atomic E-state index is 0.292. The summed E-state index contributed by atoms with van der Waals surface area (Å²) in [5.41, 5.74) is 2.26. The Bertz CT molecular complexity index is 1290. The minimum atomic E-state index is -4.34.